The zero-order valence-corrected chi connectivity index (χ0v) is 24.5. The molecule has 1 aliphatic heterocycles. The SMILES string of the molecule is C=CC[C@]1(C)CC(c2cccc(Cl)c2)[C@@H](c2ccc(Cl)cc2)N(C(CC)CNCc2ccc(OC)cc2)C1=O. The molecule has 1 heterocycles. The average Bonchev–Trinajstić information content (AvgIpc) is 2.94. The fourth-order valence-corrected chi connectivity index (χ4v) is 6.18. The molecule has 3 aromatic rings. The van der Waals surface area contributed by atoms with Crippen LogP contribution in [-0.2, 0) is 11.3 Å². The lowest BCUT2D eigenvalue weighted by atomic mass is 9.67. The van der Waals surface area contributed by atoms with Gasteiger partial charge in [0.1, 0.15) is 5.75 Å². The number of ether oxygens (including phenoxy) is 1. The second-order valence-corrected chi connectivity index (χ2v) is 11.5. The largest absolute Gasteiger partial charge is 0.497 e. The molecule has 4 atom stereocenters. The van der Waals surface area contributed by atoms with Crippen LogP contribution in [0, 0.1) is 5.41 Å². The molecular formula is C33H38Cl2N2O2. The third-order valence-electron chi connectivity index (χ3n) is 7.92. The van der Waals surface area contributed by atoms with Gasteiger partial charge < -0.3 is 15.0 Å². The molecule has 0 radical (unpaired) electrons. The minimum Gasteiger partial charge on any atom is -0.497 e. The number of piperidine rings is 1. The number of nitrogens with one attached hydrogen (secondary N) is 1. The van der Waals surface area contributed by atoms with E-state index in [0.29, 0.717) is 36.0 Å². The number of carbonyl (C=O) groups is 1. The first-order valence-corrected chi connectivity index (χ1v) is 14.3. The Hall–Kier alpha value is -2.79. The molecule has 3 aromatic carbocycles. The topological polar surface area (TPSA) is 41.6 Å². The van der Waals surface area contributed by atoms with Crippen LogP contribution in [0.2, 0.25) is 10.0 Å². The zero-order chi connectivity index (χ0) is 28.0. The Balaban J connectivity index is 1.72. The average molecular weight is 566 g/mol. The first kappa shape index (κ1) is 29.2. The molecule has 6 heteroatoms. The highest BCUT2D eigenvalue weighted by Crippen LogP contribution is 2.52. The Bertz CT molecular complexity index is 1260. The number of hydrogen-bond acceptors (Lipinski definition) is 3. The number of allylic oxidation sites excluding steroid dienone is 1. The standard InChI is InChI=1S/C33H38Cl2N2O2/c1-5-18-33(3)20-30(25-8-7-9-27(35)19-25)31(24-12-14-26(34)15-13-24)37(32(33)38)28(6-2)22-36-21-23-10-16-29(39-4)17-11-23/h5,7-17,19,28,30-31,36H,1,6,18,20-22H2,2-4H3/t28?,30?,31-,33-/m1/s1. The summed E-state index contributed by atoms with van der Waals surface area (Å²) in [5.74, 6) is 1.06. The number of halogens is 2. The molecule has 1 saturated heterocycles. The molecule has 206 valence electrons. The van der Waals surface area contributed by atoms with E-state index in [1.807, 2.05) is 48.5 Å². The van der Waals surface area contributed by atoms with Crippen molar-refractivity contribution >= 4 is 29.1 Å². The summed E-state index contributed by atoms with van der Waals surface area (Å²) in [5.41, 5.74) is 2.81. The van der Waals surface area contributed by atoms with Gasteiger partial charge in [0.15, 0.2) is 0 Å². The van der Waals surface area contributed by atoms with E-state index in [2.05, 4.69) is 61.0 Å². The Labute approximate surface area is 243 Å². The molecule has 4 nitrogen and oxygen atoms in total. The molecule has 0 aliphatic carbocycles. The second kappa shape index (κ2) is 13.0. The van der Waals surface area contributed by atoms with Crippen molar-refractivity contribution < 1.29 is 9.53 Å². The number of likely N-dealkylation sites (tertiary alicyclic amines) is 1. The Morgan fingerprint density at radius 1 is 1.08 bits per heavy atom. The van der Waals surface area contributed by atoms with Crippen LogP contribution in [0.25, 0.3) is 0 Å². The van der Waals surface area contributed by atoms with Gasteiger partial charge in [-0.05, 0) is 72.4 Å². The van der Waals surface area contributed by atoms with Crippen molar-refractivity contribution in [2.45, 2.75) is 57.7 Å². The molecule has 1 amide bonds. The molecule has 2 unspecified atom stereocenters. The molecule has 1 N–H and O–H groups in total. The van der Waals surface area contributed by atoms with Crippen molar-refractivity contribution in [1.82, 2.24) is 10.2 Å². The number of benzene rings is 3. The third kappa shape index (κ3) is 6.69. The van der Waals surface area contributed by atoms with Crippen molar-refractivity contribution in [2.75, 3.05) is 13.7 Å². The Morgan fingerprint density at radius 3 is 2.41 bits per heavy atom. The summed E-state index contributed by atoms with van der Waals surface area (Å²) >= 11 is 12.8. The number of nitrogens with zero attached hydrogens (tertiary/aromatic N) is 1. The van der Waals surface area contributed by atoms with Gasteiger partial charge in [0.25, 0.3) is 0 Å². The van der Waals surface area contributed by atoms with E-state index in [-0.39, 0.29) is 23.9 Å². The normalized spacial score (nSPS) is 22.0. The van der Waals surface area contributed by atoms with Crippen molar-refractivity contribution in [1.29, 1.82) is 0 Å². The number of methoxy groups -OCH3 is 1. The molecule has 0 spiro atoms. The summed E-state index contributed by atoms with van der Waals surface area (Å²) < 4.78 is 5.29. The summed E-state index contributed by atoms with van der Waals surface area (Å²) in [6.07, 6.45) is 4.01. The van der Waals surface area contributed by atoms with Crippen LogP contribution in [0.15, 0.2) is 85.5 Å². The minimum absolute atomic E-state index is 0.0115. The minimum atomic E-state index is -0.568. The maximum atomic E-state index is 14.4. The summed E-state index contributed by atoms with van der Waals surface area (Å²) in [6, 6.07) is 23.9. The quantitative estimate of drug-likeness (QED) is 0.238. The van der Waals surface area contributed by atoms with Crippen LogP contribution in [0.1, 0.15) is 61.8 Å². The van der Waals surface area contributed by atoms with Gasteiger partial charge in [-0.15, -0.1) is 6.58 Å². The Kier molecular flexibility index (Phi) is 9.76. The van der Waals surface area contributed by atoms with Crippen LogP contribution >= 0.6 is 23.2 Å². The number of carbonyl (C=O) groups excluding carboxylic acids is 1. The van der Waals surface area contributed by atoms with Gasteiger partial charge in [-0.2, -0.15) is 0 Å². The van der Waals surface area contributed by atoms with Gasteiger partial charge in [-0.3, -0.25) is 4.79 Å². The van der Waals surface area contributed by atoms with E-state index in [1.165, 1.54) is 0 Å². The highest BCUT2D eigenvalue weighted by atomic mass is 35.5. The summed E-state index contributed by atoms with van der Waals surface area (Å²) in [5, 5.41) is 4.99. The molecule has 1 aliphatic rings. The molecule has 0 bridgehead atoms. The zero-order valence-electron chi connectivity index (χ0n) is 23.0. The number of rotatable bonds is 11. The molecule has 0 saturated carbocycles. The maximum Gasteiger partial charge on any atom is 0.229 e. The van der Waals surface area contributed by atoms with Crippen LogP contribution in [0.5, 0.6) is 5.75 Å². The molecule has 0 aromatic heterocycles. The van der Waals surface area contributed by atoms with Crippen LogP contribution in [0.3, 0.4) is 0 Å². The first-order valence-electron chi connectivity index (χ1n) is 13.6. The molecule has 39 heavy (non-hydrogen) atoms. The van der Waals surface area contributed by atoms with Crippen LogP contribution < -0.4 is 10.1 Å². The van der Waals surface area contributed by atoms with E-state index >= 15 is 0 Å². The molecule has 4 rings (SSSR count). The summed E-state index contributed by atoms with van der Waals surface area (Å²) in [6.45, 7) is 9.60. The van der Waals surface area contributed by atoms with E-state index in [0.717, 1.165) is 28.9 Å². The Morgan fingerprint density at radius 2 is 1.79 bits per heavy atom. The van der Waals surface area contributed by atoms with Gasteiger partial charge >= 0.3 is 0 Å². The number of hydrogen-bond donors (Lipinski definition) is 1. The van der Waals surface area contributed by atoms with E-state index in [1.54, 1.807) is 7.11 Å². The van der Waals surface area contributed by atoms with Crippen molar-refractivity contribution in [3.8, 4) is 5.75 Å². The maximum absolute atomic E-state index is 14.4. The summed E-state index contributed by atoms with van der Waals surface area (Å²) in [4.78, 5) is 16.6. The van der Waals surface area contributed by atoms with Crippen LogP contribution in [-0.4, -0.2) is 30.5 Å². The highest BCUT2D eigenvalue weighted by molar-refractivity contribution is 6.30. The predicted molar refractivity (Wildman–Crippen MR) is 162 cm³/mol. The monoisotopic (exact) mass is 564 g/mol. The fourth-order valence-electron chi connectivity index (χ4n) is 5.85. The lowest BCUT2D eigenvalue weighted by Gasteiger charge is -2.52. The van der Waals surface area contributed by atoms with Crippen molar-refractivity contribution in [3.63, 3.8) is 0 Å². The van der Waals surface area contributed by atoms with Crippen molar-refractivity contribution in [2.24, 2.45) is 5.41 Å². The van der Waals surface area contributed by atoms with Gasteiger partial charge in [0, 0.05) is 35.1 Å². The van der Waals surface area contributed by atoms with Gasteiger partial charge in [0.05, 0.1) is 18.6 Å². The van der Waals surface area contributed by atoms with Gasteiger partial charge in [-0.25, -0.2) is 0 Å². The molecule has 1 fully saturated rings. The van der Waals surface area contributed by atoms with Gasteiger partial charge in [0.2, 0.25) is 5.91 Å². The lowest BCUT2D eigenvalue weighted by Crippen LogP contribution is -2.57. The third-order valence-corrected chi connectivity index (χ3v) is 8.41. The lowest BCUT2D eigenvalue weighted by molar-refractivity contribution is -0.154. The van der Waals surface area contributed by atoms with Crippen molar-refractivity contribution in [3.05, 3.63) is 112 Å². The molecular weight excluding hydrogens is 527 g/mol. The highest BCUT2D eigenvalue weighted by Gasteiger charge is 2.50. The smallest absolute Gasteiger partial charge is 0.229 e. The first-order chi connectivity index (χ1) is 18.8. The van der Waals surface area contributed by atoms with E-state index < -0.39 is 5.41 Å². The van der Waals surface area contributed by atoms with Gasteiger partial charge in [-0.1, -0.05) is 79.5 Å². The fraction of sp³-hybridized carbons (Fsp3) is 0.364. The predicted octanol–water partition coefficient (Wildman–Crippen LogP) is 8.21. The summed E-state index contributed by atoms with van der Waals surface area (Å²) in [7, 11) is 1.67. The second-order valence-electron chi connectivity index (χ2n) is 10.7. The van der Waals surface area contributed by atoms with E-state index in [9.17, 15) is 4.79 Å². The number of amides is 1. The van der Waals surface area contributed by atoms with E-state index in [4.69, 9.17) is 27.9 Å². The van der Waals surface area contributed by atoms with Crippen LogP contribution in [0.4, 0.5) is 0 Å².